The van der Waals surface area contributed by atoms with Gasteiger partial charge < -0.3 is 16.0 Å². The predicted molar refractivity (Wildman–Crippen MR) is 118 cm³/mol. The maximum Gasteiger partial charge on any atom is 0.417 e. The molecule has 0 aliphatic carbocycles. The third-order valence-electron chi connectivity index (χ3n) is 5.13. The van der Waals surface area contributed by atoms with Gasteiger partial charge in [0.25, 0.3) is 0 Å². The molecule has 4 rings (SSSR count). The van der Waals surface area contributed by atoms with E-state index < -0.39 is 17.4 Å². The van der Waals surface area contributed by atoms with Gasteiger partial charge in [0.15, 0.2) is 0 Å². The number of alkyl halides is 3. The second-order valence-corrected chi connectivity index (χ2v) is 7.41. The first kappa shape index (κ1) is 21.8. The van der Waals surface area contributed by atoms with E-state index in [1.165, 1.54) is 22.8 Å². The fraction of sp³-hybridized carbons (Fsp3) is 0.217. The number of rotatable bonds is 7. The van der Waals surface area contributed by atoms with Gasteiger partial charge in [-0.25, -0.2) is 4.79 Å². The molecule has 0 unspecified atom stereocenters. The van der Waals surface area contributed by atoms with E-state index in [1.807, 2.05) is 12.1 Å². The molecule has 0 aliphatic rings. The van der Waals surface area contributed by atoms with Crippen LogP contribution in [0, 0.1) is 0 Å². The van der Waals surface area contributed by atoms with E-state index in [4.69, 9.17) is 5.73 Å². The number of nitrogens with one attached hydrogen (secondary N) is 2. The second-order valence-electron chi connectivity index (χ2n) is 7.41. The number of hydrogen-bond donors (Lipinski definition) is 3. The van der Waals surface area contributed by atoms with Crippen LogP contribution in [0.2, 0.25) is 0 Å². The Morgan fingerprint density at radius 3 is 2.56 bits per heavy atom. The summed E-state index contributed by atoms with van der Waals surface area (Å²) in [6.07, 6.45) is -2.02. The van der Waals surface area contributed by atoms with E-state index in [-0.39, 0.29) is 16.9 Å². The van der Waals surface area contributed by atoms with Gasteiger partial charge in [-0.05, 0) is 49.3 Å². The summed E-state index contributed by atoms with van der Waals surface area (Å²) in [6, 6.07) is 14.3. The van der Waals surface area contributed by atoms with Crippen molar-refractivity contribution in [2.75, 3.05) is 13.1 Å². The number of aromatic nitrogens is 3. The Bertz CT molecular complexity index is 1280. The first-order valence-corrected chi connectivity index (χ1v) is 10.2. The van der Waals surface area contributed by atoms with Crippen LogP contribution in [-0.2, 0) is 12.7 Å². The van der Waals surface area contributed by atoms with Crippen molar-refractivity contribution in [1.29, 1.82) is 0 Å². The van der Waals surface area contributed by atoms with Gasteiger partial charge in [0.1, 0.15) is 5.65 Å². The third-order valence-corrected chi connectivity index (χ3v) is 5.13. The molecule has 9 heteroatoms. The lowest BCUT2D eigenvalue weighted by molar-refractivity contribution is -0.137. The van der Waals surface area contributed by atoms with Crippen LogP contribution in [0.5, 0.6) is 0 Å². The Hall–Kier alpha value is -3.43. The minimum absolute atomic E-state index is 0.00323. The van der Waals surface area contributed by atoms with Crippen molar-refractivity contribution in [1.82, 2.24) is 19.9 Å². The molecule has 166 valence electrons. The molecule has 32 heavy (non-hydrogen) atoms. The zero-order valence-corrected chi connectivity index (χ0v) is 17.1. The van der Waals surface area contributed by atoms with E-state index in [9.17, 15) is 18.0 Å². The molecular formula is C23H22F3N5O. The zero-order chi connectivity index (χ0) is 22.7. The molecule has 4 N–H and O–H groups in total. The van der Waals surface area contributed by atoms with Gasteiger partial charge in [0.2, 0.25) is 0 Å². The second kappa shape index (κ2) is 8.97. The van der Waals surface area contributed by atoms with Gasteiger partial charge in [0.05, 0.1) is 11.3 Å². The summed E-state index contributed by atoms with van der Waals surface area (Å²) in [7, 11) is 0. The summed E-state index contributed by atoms with van der Waals surface area (Å²) in [5, 5.41) is 3.82. The van der Waals surface area contributed by atoms with E-state index in [2.05, 4.69) is 15.3 Å². The van der Waals surface area contributed by atoms with E-state index in [1.54, 1.807) is 24.4 Å². The Balaban J connectivity index is 1.65. The molecule has 2 aromatic carbocycles. The van der Waals surface area contributed by atoms with Crippen LogP contribution >= 0.6 is 0 Å². The molecule has 0 saturated carbocycles. The maximum atomic E-state index is 13.4. The van der Waals surface area contributed by atoms with Crippen LogP contribution in [0.3, 0.4) is 0 Å². The summed E-state index contributed by atoms with van der Waals surface area (Å²) >= 11 is 0. The summed E-state index contributed by atoms with van der Waals surface area (Å²) in [5.41, 5.74) is 6.36. The number of benzene rings is 2. The summed E-state index contributed by atoms with van der Waals surface area (Å²) in [6.45, 7) is 2.14. The first-order valence-electron chi connectivity index (χ1n) is 10.2. The number of nitrogens with zero attached hydrogens (tertiary/aromatic N) is 2. The van der Waals surface area contributed by atoms with Crippen LogP contribution in [0.4, 0.5) is 13.2 Å². The molecular weight excluding hydrogens is 419 g/mol. The standard InChI is InChI=1S/C23H22F3N5O/c24-23(25,26)19-5-2-1-4-18(19)20-12-16-14-31(22(32)30-21(16)29-20)17-8-6-15(7-9-17)13-28-11-3-10-27/h1-2,4-9,12,14,28H,3,10-11,13,27H2,(H,29,30,32). The van der Waals surface area contributed by atoms with Crippen LogP contribution < -0.4 is 16.7 Å². The smallest absolute Gasteiger partial charge is 0.339 e. The third kappa shape index (κ3) is 4.58. The molecule has 0 saturated heterocycles. The fourth-order valence-electron chi connectivity index (χ4n) is 3.52. The lowest BCUT2D eigenvalue weighted by Crippen LogP contribution is -2.20. The molecule has 6 nitrogen and oxygen atoms in total. The fourth-order valence-corrected chi connectivity index (χ4v) is 3.52. The van der Waals surface area contributed by atoms with Gasteiger partial charge in [0, 0.05) is 29.4 Å². The van der Waals surface area contributed by atoms with Gasteiger partial charge in [-0.15, -0.1) is 0 Å². The molecule has 4 aromatic rings. The first-order chi connectivity index (χ1) is 15.4. The van der Waals surface area contributed by atoms with Crippen molar-refractivity contribution < 1.29 is 13.2 Å². The summed E-state index contributed by atoms with van der Waals surface area (Å²) < 4.78 is 41.6. The van der Waals surface area contributed by atoms with Crippen LogP contribution in [-0.4, -0.2) is 27.6 Å². The summed E-state index contributed by atoms with van der Waals surface area (Å²) in [4.78, 5) is 19.4. The van der Waals surface area contributed by atoms with Crippen molar-refractivity contribution in [2.24, 2.45) is 5.73 Å². The normalized spacial score (nSPS) is 11.9. The van der Waals surface area contributed by atoms with Crippen LogP contribution in [0.25, 0.3) is 28.0 Å². The number of fused-ring (bicyclic) bond motifs is 1. The van der Waals surface area contributed by atoms with Gasteiger partial charge in [-0.1, -0.05) is 30.3 Å². The van der Waals surface area contributed by atoms with E-state index >= 15 is 0 Å². The molecule has 0 aliphatic heterocycles. The molecule has 0 spiro atoms. The van der Waals surface area contributed by atoms with Crippen molar-refractivity contribution in [2.45, 2.75) is 19.1 Å². The summed E-state index contributed by atoms with van der Waals surface area (Å²) in [5.74, 6) is 0. The number of nitrogens with two attached hydrogens (primary N) is 1. The van der Waals surface area contributed by atoms with Crippen molar-refractivity contribution in [3.05, 3.63) is 82.4 Å². The SMILES string of the molecule is NCCCNCc1ccc(-n2cc3cc(-c4ccccc4C(F)(F)F)[nH]c3nc2=O)cc1. The van der Waals surface area contributed by atoms with E-state index in [0.717, 1.165) is 24.6 Å². The van der Waals surface area contributed by atoms with Crippen molar-refractivity contribution in [3.63, 3.8) is 0 Å². The average Bonchev–Trinajstić information content (AvgIpc) is 3.19. The lowest BCUT2D eigenvalue weighted by atomic mass is 10.0. The number of H-pyrrole nitrogens is 1. The van der Waals surface area contributed by atoms with Crippen molar-refractivity contribution in [3.8, 4) is 16.9 Å². The Labute approximate surface area is 181 Å². The minimum Gasteiger partial charge on any atom is -0.339 e. The molecule has 0 amide bonds. The van der Waals surface area contributed by atoms with Crippen molar-refractivity contribution >= 4 is 11.0 Å². The van der Waals surface area contributed by atoms with Gasteiger partial charge in [-0.2, -0.15) is 18.2 Å². The Morgan fingerprint density at radius 1 is 1.09 bits per heavy atom. The number of aromatic amines is 1. The lowest BCUT2D eigenvalue weighted by Gasteiger charge is -2.11. The monoisotopic (exact) mass is 441 g/mol. The van der Waals surface area contributed by atoms with Crippen LogP contribution in [0.1, 0.15) is 17.5 Å². The van der Waals surface area contributed by atoms with Gasteiger partial charge in [-0.3, -0.25) is 4.57 Å². The molecule has 0 bridgehead atoms. The zero-order valence-electron chi connectivity index (χ0n) is 17.1. The molecule has 2 heterocycles. The quantitative estimate of drug-likeness (QED) is 0.380. The average molecular weight is 441 g/mol. The highest BCUT2D eigenvalue weighted by Gasteiger charge is 2.33. The van der Waals surface area contributed by atoms with E-state index in [0.29, 0.717) is 24.2 Å². The Kier molecular flexibility index (Phi) is 6.11. The highest BCUT2D eigenvalue weighted by Crippen LogP contribution is 2.37. The topological polar surface area (TPSA) is 88.7 Å². The maximum absolute atomic E-state index is 13.4. The predicted octanol–water partition coefficient (Wildman–Crippen LogP) is 3.84. The highest BCUT2D eigenvalue weighted by atomic mass is 19.4. The minimum atomic E-state index is -4.49. The molecule has 2 aromatic heterocycles. The molecule has 0 radical (unpaired) electrons. The Morgan fingerprint density at radius 2 is 1.84 bits per heavy atom. The molecule has 0 atom stereocenters. The number of halogens is 3. The van der Waals surface area contributed by atoms with Crippen LogP contribution in [0.15, 0.2) is 65.6 Å². The van der Waals surface area contributed by atoms with Gasteiger partial charge >= 0.3 is 11.9 Å². The number of hydrogen-bond acceptors (Lipinski definition) is 4. The highest BCUT2D eigenvalue weighted by molar-refractivity contribution is 5.83. The molecule has 0 fully saturated rings. The largest absolute Gasteiger partial charge is 0.417 e.